The Morgan fingerprint density at radius 2 is 1.81 bits per heavy atom. The molecule has 0 radical (unpaired) electrons. The number of sulfonamides is 1. The van der Waals surface area contributed by atoms with E-state index >= 15 is 0 Å². The van der Waals surface area contributed by atoms with Crippen LogP contribution in [0.3, 0.4) is 0 Å². The van der Waals surface area contributed by atoms with Gasteiger partial charge in [-0.05, 0) is 78.8 Å². The lowest BCUT2D eigenvalue weighted by atomic mass is 9.72. The van der Waals surface area contributed by atoms with Crippen molar-refractivity contribution in [2.45, 2.75) is 30.8 Å². The van der Waals surface area contributed by atoms with Crippen LogP contribution in [-0.4, -0.2) is 47.0 Å². The van der Waals surface area contributed by atoms with Crippen LogP contribution in [0, 0.1) is 18.7 Å². The largest absolute Gasteiger partial charge is 0.385 e. The number of hydrogen-bond acceptors (Lipinski definition) is 4. The van der Waals surface area contributed by atoms with Crippen LogP contribution in [-0.2, 0) is 21.0 Å². The summed E-state index contributed by atoms with van der Waals surface area (Å²) in [5, 5.41) is 17.3. The number of aromatic nitrogens is 2. The summed E-state index contributed by atoms with van der Waals surface area (Å²) in [4.78, 5) is 0. The van der Waals surface area contributed by atoms with Gasteiger partial charge in [0.15, 0.2) is 0 Å². The molecule has 1 aromatic heterocycles. The van der Waals surface area contributed by atoms with Crippen LogP contribution < -0.4 is 0 Å². The van der Waals surface area contributed by atoms with Crippen LogP contribution in [0.1, 0.15) is 29.5 Å². The van der Waals surface area contributed by atoms with Crippen LogP contribution in [0.25, 0.3) is 16.6 Å². The number of rotatable bonds is 4. The first-order valence-corrected chi connectivity index (χ1v) is 13.9. The lowest BCUT2D eigenvalue weighted by Gasteiger charge is -2.33. The molecule has 6 rings (SSSR count). The van der Waals surface area contributed by atoms with Gasteiger partial charge in [0, 0.05) is 23.9 Å². The zero-order valence-electron chi connectivity index (χ0n) is 20.2. The van der Waals surface area contributed by atoms with E-state index in [4.69, 9.17) is 0 Å². The molecule has 2 aliphatic rings. The monoisotopic (exact) mass is 505 g/mol. The summed E-state index contributed by atoms with van der Waals surface area (Å²) in [6, 6.07) is 20.1. The molecule has 8 heteroatoms. The molecule has 3 atom stereocenters. The first kappa shape index (κ1) is 23.3. The van der Waals surface area contributed by atoms with E-state index < -0.39 is 21.0 Å². The molecule has 2 fully saturated rings. The third-order valence-corrected chi connectivity index (χ3v) is 9.37. The average molecular weight is 506 g/mol. The third kappa shape index (κ3) is 3.58. The quantitative estimate of drug-likeness (QED) is 0.449. The molecule has 3 unspecified atom stereocenters. The summed E-state index contributed by atoms with van der Waals surface area (Å²) in [7, 11) is -3.38. The molecule has 6 nitrogen and oxygen atoms in total. The molecule has 1 saturated carbocycles. The van der Waals surface area contributed by atoms with E-state index in [1.165, 1.54) is 18.4 Å². The number of nitrogens with zero attached hydrogens (tertiary/aromatic N) is 3. The van der Waals surface area contributed by atoms with Crippen LogP contribution >= 0.6 is 0 Å². The summed E-state index contributed by atoms with van der Waals surface area (Å²) in [5.41, 5.74) is 3.04. The molecule has 2 heterocycles. The van der Waals surface area contributed by atoms with E-state index in [0.29, 0.717) is 25.9 Å². The minimum atomic E-state index is -3.38. The third-order valence-electron chi connectivity index (χ3n) is 8.16. The summed E-state index contributed by atoms with van der Waals surface area (Å²) < 4.78 is 42.0. The van der Waals surface area contributed by atoms with E-state index in [-0.39, 0.29) is 11.7 Å². The fraction of sp³-hybridized carbons (Fsp3) is 0.321. The fourth-order valence-electron chi connectivity index (χ4n) is 6.51. The van der Waals surface area contributed by atoms with E-state index in [9.17, 15) is 17.9 Å². The smallest absolute Gasteiger partial charge is 0.211 e. The minimum Gasteiger partial charge on any atom is -0.385 e. The lowest BCUT2D eigenvalue weighted by Crippen LogP contribution is -2.37. The molecular weight excluding hydrogens is 477 g/mol. The van der Waals surface area contributed by atoms with Gasteiger partial charge in [0.1, 0.15) is 5.82 Å². The van der Waals surface area contributed by atoms with Crippen molar-refractivity contribution >= 4 is 20.9 Å². The summed E-state index contributed by atoms with van der Waals surface area (Å²) in [6.07, 6.45) is 3.98. The van der Waals surface area contributed by atoms with Crippen LogP contribution in [0.5, 0.6) is 0 Å². The van der Waals surface area contributed by atoms with Crippen LogP contribution in [0.4, 0.5) is 4.39 Å². The molecule has 1 saturated heterocycles. The highest BCUT2D eigenvalue weighted by Gasteiger charge is 2.61. The van der Waals surface area contributed by atoms with Gasteiger partial charge in [-0.3, -0.25) is 0 Å². The van der Waals surface area contributed by atoms with E-state index in [0.717, 1.165) is 33.3 Å². The van der Waals surface area contributed by atoms with Gasteiger partial charge in [0.25, 0.3) is 0 Å². The van der Waals surface area contributed by atoms with Crippen molar-refractivity contribution < 1.29 is 17.9 Å². The van der Waals surface area contributed by atoms with Gasteiger partial charge in [-0.15, -0.1) is 0 Å². The molecule has 1 N–H and O–H groups in total. The zero-order chi connectivity index (χ0) is 25.3. The number of aryl methyl sites for hydroxylation is 1. The molecule has 1 aliphatic carbocycles. The Kier molecular flexibility index (Phi) is 5.16. The van der Waals surface area contributed by atoms with E-state index in [1.54, 1.807) is 27.3 Å². The van der Waals surface area contributed by atoms with Gasteiger partial charge in [-0.2, -0.15) is 5.10 Å². The molecule has 0 amide bonds. The zero-order valence-corrected chi connectivity index (χ0v) is 21.0. The minimum absolute atomic E-state index is 0.0271. The van der Waals surface area contributed by atoms with Crippen molar-refractivity contribution in [3.05, 3.63) is 95.4 Å². The van der Waals surface area contributed by atoms with Crippen molar-refractivity contribution in [1.29, 1.82) is 0 Å². The number of benzene rings is 3. The highest BCUT2D eigenvalue weighted by molar-refractivity contribution is 7.88. The normalized spacial score (nSPS) is 26.5. The molecule has 1 aliphatic heterocycles. The molecule has 0 bridgehead atoms. The Morgan fingerprint density at radius 3 is 2.50 bits per heavy atom. The maximum atomic E-state index is 13.5. The maximum Gasteiger partial charge on any atom is 0.211 e. The Bertz CT molecular complexity index is 1570. The number of fused-ring (bicyclic) bond motifs is 2. The van der Waals surface area contributed by atoms with Crippen LogP contribution in [0.15, 0.2) is 72.9 Å². The SMILES string of the molecule is Cc1cc2c(cnn2-c2ccc(F)cc2)cc1C12CN(S(C)(=O)=O)CC1CC(O)(c1ccccc1)C2. The lowest BCUT2D eigenvalue weighted by molar-refractivity contribution is 0.0318. The predicted molar refractivity (Wildman–Crippen MR) is 137 cm³/mol. The second-order valence-electron chi connectivity index (χ2n) is 10.4. The first-order valence-electron chi connectivity index (χ1n) is 12.1. The van der Waals surface area contributed by atoms with Gasteiger partial charge in [0.05, 0.1) is 29.3 Å². The fourth-order valence-corrected chi connectivity index (χ4v) is 7.43. The first-order chi connectivity index (χ1) is 17.1. The highest BCUT2D eigenvalue weighted by atomic mass is 32.2. The van der Waals surface area contributed by atoms with Gasteiger partial charge >= 0.3 is 0 Å². The van der Waals surface area contributed by atoms with Crippen molar-refractivity contribution in [1.82, 2.24) is 14.1 Å². The van der Waals surface area contributed by atoms with E-state index in [1.807, 2.05) is 37.3 Å². The Labute approximate surface area is 210 Å². The van der Waals surface area contributed by atoms with E-state index in [2.05, 4.69) is 17.2 Å². The number of halogens is 1. The Hall–Kier alpha value is -3.07. The molecule has 36 heavy (non-hydrogen) atoms. The van der Waals surface area contributed by atoms with Gasteiger partial charge in [0.2, 0.25) is 10.0 Å². The van der Waals surface area contributed by atoms with Crippen molar-refractivity contribution in [3.8, 4) is 5.69 Å². The molecule has 4 aromatic rings. The van der Waals surface area contributed by atoms with Crippen molar-refractivity contribution in [2.75, 3.05) is 19.3 Å². The number of hydrogen-bond donors (Lipinski definition) is 1. The van der Waals surface area contributed by atoms with Crippen LogP contribution in [0.2, 0.25) is 0 Å². The average Bonchev–Trinajstić information content (AvgIpc) is 3.49. The molecule has 0 spiro atoms. The second kappa shape index (κ2) is 7.96. The summed E-state index contributed by atoms with van der Waals surface area (Å²) >= 11 is 0. The molecular formula is C28H28FN3O3S. The van der Waals surface area contributed by atoms with Crippen molar-refractivity contribution in [2.24, 2.45) is 5.92 Å². The topological polar surface area (TPSA) is 75.4 Å². The number of aliphatic hydroxyl groups is 1. The van der Waals surface area contributed by atoms with Gasteiger partial charge in [-0.1, -0.05) is 30.3 Å². The second-order valence-corrected chi connectivity index (χ2v) is 12.4. The molecule has 186 valence electrons. The maximum absolute atomic E-state index is 13.5. The Balaban J connectivity index is 1.48. The summed E-state index contributed by atoms with van der Waals surface area (Å²) in [6.45, 7) is 2.76. The van der Waals surface area contributed by atoms with Gasteiger partial charge in [-0.25, -0.2) is 21.8 Å². The highest BCUT2D eigenvalue weighted by Crippen LogP contribution is 2.58. The summed E-state index contributed by atoms with van der Waals surface area (Å²) in [5.74, 6) is -0.330. The Morgan fingerprint density at radius 1 is 1.08 bits per heavy atom. The van der Waals surface area contributed by atoms with Crippen molar-refractivity contribution in [3.63, 3.8) is 0 Å². The van der Waals surface area contributed by atoms with Gasteiger partial charge < -0.3 is 5.11 Å². The molecule has 3 aromatic carbocycles. The standard InChI is InChI=1S/C28H28FN3O3S/c1-19-12-26-20(15-30-32(26)24-10-8-23(29)9-11-24)13-25(19)27-17-28(33,21-6-4-3-5-7-21)14-22(27)16-31(18-27)36(2,34)35/h3-13,15,22,33H,14,16-18H2,1-2H3. The predicted octanol–water partition coefficient (Wildman–Crippen LogP) is 4.28.